The molecule has 0 heterocycles. The van der Waals surface area contributed by atoms with Crippen LogP contribution in [0.4, 0.5) is 0 Å². The predicted octanol–water partition coefficient (Wildman–Crippen LogP) is 3.82. The lowest BCUT2D eigenvalue weighted by atomic mass is 9.88. The topological polar surface area (TPSA) is 41.5 Å². The maximum Gasteiger partial charge on any atom is 0.122 e. The quantitative estimate of drug-likeness (QED) is 0.720. The van der Waals surface area contributed by atoms with Crippen LogP contribution in [0.3, 0.4) is 0 Å². The van der Waals surface area contributed by atoms with Gasteiger partial charge in [0.1, 0.15) is 18.5 Å². The molecule has 0 saturated heterocycles. The summed E-state index contributed by atoms with van der Waals surface area (Å²) in [5.74, 6) is 0.824. The molecule has 0 saturated carbocycles. The highest BCUT2D eigenvalue weighted by atomic mass is 16.5. The molecule has 2 aromatic rings. The summed E-state index contributed by atoms with van der Waals surface area (Å²) in [6, 6.07) is 16.8. The lowest BCUT2D eigenvalue weighted by Gasteiger charge is -2.27. The SMILES string of the molecule is C=CCc1ccccc1OCC(O)CN[C@@H]1CCCc2ccccc21. The van der Waals surface area contributed by atoms with Gasteiger partial charge in [-0.1, -0.05) is 48.5 Å². The van der Waals surface area contributed by atoms with E-state index in [4.69, 9.17) is 4.74 Å². The smallest absolute Gasteiger partial charge is 0.122 e. The summed E-state index contributed by atoms with van der Waals surface area (Å²) in [5.41, 5.74) is 3.90. The van der Waals surface area contributed by atoms with Crippen LogP contribution in [0, 0.1) is 0 Å². The zero-order valence-corrected chi connectivity index (χ0v) is 14.7. The Morgan fingerprint density at radius 2 is 2.00 bits per heavy atom. The van der Waals surface area contributed by atoms with Crippen LogP contribution in [0.5, 0.6) is 5.75 Å². The third-order valence-electron chi connectivity index (χ3n) is 4.74. The molecule has 0 spiro atoms. The van der Waals surface area contributed by atoms with Gasteiger partial charge in [0.2, 0.25) is 0 Å². The fourth-order valence-electron chi connectivity index (χ4n) is 3.46. The summed E-state index contributed by atoms with van der Waals surface area (Å²) in [7, 11) is 0. The average molecular weight is 337 g/mol. The van der Waals surface area contributed by atoms with Crippen LogP contribution in [0.1, 0.15) is 35.6 Å². The molecule has 132 valence electrons. The normalized spacial score (nSPS) is 17.6. The molecular weight excluding hydrogens is 310 g/mol. The molecule has 0 fully saturated rings. The Kier molecular flexibility index (Phi) is 6.26. The van der Waals surface area contributed by atoms with Gasteiger partial charge in [0.15, 0.2) is 0 Å². The van der Waals surface area contributed by atoms with Gasteiger partial charge in [-0.05, 0) is 48.4 Å². The Balaban J connectivity index is 1.51. The van der Waals surface area contributed by atoms with Crippen LogP contribution in [-0.2, 0) is 12.8 Å². The molecule has 0 amide bonds. The zero-order chi connectivity index (χ0) is 17.5. The maximum atomic E-state index is 10.3. The molecule has 0 radical (unpaired) electrons. The molecular formula is C22H27NO2. The van der Waals surface area contributed by atoms with Crippen molar-refractivity contribution in [2.45, 2.75) is 37.8 Å². The van der Waals surface area contributed by atoms with E-state index in [2.05, 4.69) is 36.2 Å². The van der Waals surface area contributed by atoms with E-state index in [0.717, 1.165) is 30.6 Å². The summed E-state index contributed by atoms with van der Waals surface area (Å²) >= 11 is 0. The second-order valence-electron chi connectivity index (χ2n) is 6.62. The van der Waals surface area contributed by atoms with Crippen molar-refractivity contribution in [3.63, 3.8) is 0 Å². The first kappa shape index (κ1) is 17.7. The number of rotatable bonds is 8. The number of fused-ring (bicyclic) bond motifs is 1. The highest BCUT2D eigenvalue weighted by Crippen LogP contribution is 2.29. The van der Waals surface area contributed by atoms with Gasteiger partial charge in [-0.3, -0.25) is 0 Å². The minimum Gasteiger partial charge on any atom is -0.491 e. The molecule has 1 aliphatic rings. The Labute approximate surface area is 150 Å². The van der Waals surface area contributed by atoms with Gasteiger partial charge < -0.3 is 15.2 Å². The molecule has 0 aromatic heterocycles. The van der Waals surface area contributed by atoms with E-state index in [9.17, 15) is 5.11 Å². The second-order valence-corrected chi connectivity index (χ2v) is 6.62. The van der Waals surface area contributed by atoms with E-state index in [1.54, 1.807) is 0 Å². The van der Waals surface area contributed by atoms with E-state index < -0.39 is 6.10 Å². The molecule has 2 N–H and O–H groups in total. The van der Waals surface area contributed by atoms with Gasteiger partial charge in [-0.15, -0.1) is 6.58 Å². The summed E-state index contributed by atoms with van der Waals surface area (Å²) in [6.07, 6.45) is 5.55. The summed E-state index contributed by atoms with van der Waals surface area (Å²) < 4.78 is 5.82. The van der Waals surface area contributed by atoms with Gasteiger partial charge >= 0.3 is 0 Å². The minimum atomic E-state index is -0.536. The van der Waals surface area contributed by atoms with E-state index in [0.29, 0.717) is 12.6 Å². The molecule has 1 aliphatic carbocycles. The molecule has 3 heteroatoms. The van der Waals surface area contributed by atoms with Crippen LogP contribution < -0.4 is 10.1 Å². The monoisotopic (exact) mass is 337 g/mol. The number of hydrogen-bond donors (Lipinski definition) is 2. The molecule has 3 rings (SSSR count). The Hall–Kier alpha value is -2.10. The third-order valence-corrected chi connectivity index (χ3v) is 4.74. The predicted molar refractivity (Wildman–Crippen MR) is 102 cm³/mol. The van der Waals surface area contributed by atoms with Crippen molar-refractivity contribution >= 4 is 0 Å². The fourth-order valence-corrected chi connectivity index (χ4v) is 3.46. The number of benzene rings is 2. The van der Waals surface area contributed by atoms with Gasteiger partial charge in [0.25, 0.3) is 0 Å². The summed E-state index contributed by atoms with van der Waals surface area (Å²) in [5, 5.41) is 13.8. The number of ether oxygens (including phenoxy) is 1. The van der Waals surface area contributed by atoms with Crippen molar-refractivity contribution < 1.29 is 9.84 Å². The van der Waals surface area contributed by atoms with Crippen molar-refractivity contribution in [1.82, 2.24) is 5.32 Å². The molecule has 2 atom stereocenters. The Bertz CT molecular complexity index is 698. The number of allylic oxidation sites excluding steroid dienone is 1. The number of aliphatic hydroxyl groups is 1. The summed E-state index contributed by atoms with van der Waals surface area (Å²) in [4.78, 5) is 0. The highest BCUT2D eigenvalue weighted by molar-refractivity contribution is 5.34. The van der Waals surface area contributed by atoms with Gasteiger partial charge in [-0.25, -0.2) is 0 Å². The van der Waals surface area contributed by atoms with Crippen molar-refractivity contribution in [3.8, 4) is 5.75 Å². The third kappa shape index (κ3) is 4.71. The average Bonchev–Trinajstić information content (AvgIpc) is 2.66. The van der Waals surface area contributed by atoms with Crippen LogP contribution in [-0.4, -0.2) is 24.4 Å². The number of para-hydroxylation sites is 1. The molecule has 0 aliphatic heterocycles. The van der Waals surface area contributed by atoms with E-state index in [1.165, 1.54) is 17.5 Å². The van der Waals surface area contributed by atoms with E-state index >= 15 is 0 Å². The molecule has 3 nitrogen and oxygen atoms in total. The lowest BCUT2D eigenvalue weighted by Crippen LogP contribution is -2.35. The van der Waals surface area contributed by atoms with E-state index in [1.807, 2.05) is 30.3 Å². The van der Waals surface area contributed by atoms with Crippen molar-refractivity contribution in [3.05, 3.63) is 77.9 Å². The number of aryl methyl sites for hydroxylation is 1. The van der Waals surface area contributed by atoms with Gasteiger partial charge in [0, 0.05) is 12.6 Å². The fraction of sp³-hybridized carbons (Fsp3) is 0.364. The van der Waals surface area contributed by atoms with Crippen molar-refractivity contribution in [2.75, 3.05) is 13.2 Å². The van der Waals surface area contributed by atoms with Gasteiger partial charge in [0.05, 0.1) is 0 Å². The molecule has 2 aromatic carbocycles. The van der Waals surface area contributed by atoms with Crippen LogP contribution in [0.2, 0.25) is 0 Å². The first-order chi connectivity index (χ1) is 12.3. The largest absolute Gasteiger partial charge is 0.491 e. The Morgan fingerprint density at radius 1 is 1.20 bits per heavy atom. The first-order valence-corrected chi connectivity index (χ1v) is 9.08. The van der Waals surface area contributed by atoms with Crippen LogP contribution in [0.25, 0.3) is 0 Å². The summed E-state index contributed by atoms with van der Waals surface area (Å²) in [6.45, 7) is 4.59. The number of hydrogen-bond acceptors (Lipinski definition) is 3. The molecule has 25 heavy (non-hydrogen) atoms. The Morgan fingerprint density at radius 3 is 2.88 bits per heavy atom. The second kappa shape index (κ2) is 8.84. The first-order valence-electron chi connectivity index (χ1n) is 9.08. The molecule has 0 bridgehead atoms. The van der Waals surface area contributed by atoms with E-state index in [-0.39, 0.29) is 6.61 Å². The number of nitrogens with one attached hydrogen (secondary N) is 1. The highest BCUT2D eigenvalue weighted by Gasteiger charge is 2.20. The standard InChI is InChI=1S/C22H27NO2/c1-2-8-18-10-4-6-14-22(18)25-16-19(24)15-23-21-13-7-11-17-9-3-5-12-20(17)21/h2-6,9-10,12,14,19,21,23-24H,1,7-8,11,13,15-16H2/t19?,21-/m1/s1. The van der Waals surface area contributed by atoms with Crippen LogP contribution in [0.15, 0.2) is 61.2 Å². The van der Waals surface area contributed by atoms with Crippen molar-refractivity contribution in [1.29, 1.82) is 0 Å². The van der Waals surface area contributed by atoms with Crippen molar-refractivity contribution in [2.24, 2.45) is 0 Å². The lowest BCUT2D eigenvalue weighted by molar-refractivity contribution is 0.102. The zero-order valence-electron chi connectivity index (χ0n) is 14.7. The maximum absolute atomic E-state index is 10.3. The number of aliphatic hydroxyl groups excluding tert-OH is 1. The van der Waals surface area contributed by atoms with Gasteiger partial charge in [-0.2, -0.15) is 0 Å². The molecule has 1 unspecified atom stereocenters. The van der Waals surface area contributed by atoms with Crippen LogP contribution >= 0.6 is 0 Å². The minimum absolute atomic E-state index is 0.287.